The zero-order chi connectivity index (χ0) is 13.1. The van der Waals surface area contributed by atoms with E-state index >= 15 is 0 Å². The van der Waals surface area contributed by atoms with Crippen LogP contribution in [0.5, 0.6) is 0 Å². The maximum atomic E-state index is 13.3. The second-order valence-electron chi connectivity index (χ2n) is 3.54. The van der Waals surface area contributed by atoms with Crippen molar-refractivity contribution in [1.29, 1.82) is 0 Å². The summed E-state index contributed by atoms with van der Waals surface area (Å²) in [4.78, 5) is 4.84. The Bertz CT molecular complexity index is 578. The van der Waals surface area contributed by atoms with Gasteiger partial charge < -0.3 is 4.72 Å². The highest BCUT2D eigenvalue weighted by Crippen LogP contribution is 2.31. The minimum atomic E-state index is -0.424. The molecule has 0 amide bonds. The lowest BCUT2D eigenvalue weighted by Gasteiger charge is -2.09. The number of benzene rings is 1. The molecule has 0 aliphatic heterocycles. The van der Waals surface area contributed by atoms with Crippen LogP contribution in [0.1, 0.15) is 5.69 Å². The van der Waals surface area contributed by atoms with E-state index in [1.807, 2.05) is 13.0 Å². The van der Waals surface area contributed by atoms with Crippen LogP contribution in [-0.4, -0.2) is 4.98 Å². The molecule has 0 aliphatic rings. The number of anilines is 1. The first-order valence-corrected chi connectivity index (χ1v) is 7.05. The molecule has 1 aromatic heterocycles. The van der Waals surface area contributed by atoms with Gasteiger partial charge in [-0.2, -0.15) is 0 Å². The Morgan fingerprint density at radius 3 is 3.00 bits per heavy atom. The van der Waals surface area contributed by atoms with Crippen LogP contribution in [-0.2, 0) is 0 Å². The molecule has 6 heteroatoms. The van der Waals surface area contributed by atoms with Crippen LogP contribution < -0.4 is 4.72 Å². The summed E-state index contributed by atoms with van der Waals surface area (Å²) in [5, 5.41) is 0.121. The van der Waals surface area contributed by atoms with Crippen molar-refractivity contribution in [2.24, 2.45) is 0 Å². The van der Waals surface area contributed by atoms with E-state index in [9.17, 15) is 4.39 Å². The molecule has 0 fully saturated rings. The van der Waals surface area contributed by atoms with E-state index in [1.165, 1.54) is 18.0 Å². The van der Waals surface area contributed by atoms with E-state index < -0.39 is 5.82 Å². The van der Waals surface area contributed by atoms with Crippen molar-refractivity contribution in [3.63, 3.8) is 0 Å². The molecule has 0 atom stereocenters. The molecule has 2 aromatic rings. The summed E-state index contributed by atoms with van der Waals surface area (Å²) in [6.07, 6.45) is 1.72. The van der Waals surface area contributed by atoms with Gasteiger partial charge in [0, 0.05) is 10.7 Å². The van der Waals surface area contributed by atoms with E-state index in [1.54, 1.807) is 18.3 Å². The topological polar surface area (TPSA) is 24.9 Å². The normalized spacial score (nSPS) is 10.4. The van der Waals surface area contributed by atoms with Crippen molar-refractivity contribution in [3.05, 3.63) is 51.5 Å². The van der Waals surface area contributed by atoms with Crippen molar-refractivity contribution in [2.45, 2.75) is 11.8 Å². The van der Waals surface area contributed by atoms with Crippen LogP contribution in [0.15, 0.2) is 39.8 Å². The number of halogens is 3. The van der Waals surface area contributed by atoms with Crippen LogP contribution in [0.2, 0.25) is 5.02 Å². The third kappa shape index (κ3) is 3.16. The summed E-state index contributed by atoms with van der Waals surface area (Å²) in [6, 6.07) is 6.61. The lowest BCUT2D eigenvalue weighted by Crippen LogP contribution is -1.93. The highest BCUT2D eigenvalue weighted by molar-refractivity contribution is 9.10. The molecular weight excluding hydrogens is 339 g/mol. The second kappa shape index (κ2) is 5.91. The first-order chi connectivity index (χ1) is 8.58. The van der Waals surface area contributed by atoms with Crippen LogP contribution in [0, 0.1) is 12.7 Å². The average Bonchev–Trinajstić information content (AvgIpc) is 2.35. The molecule has 1 aromatic carbocycles. The molecule has 0 spiro atoms. The number of pyridine rings is 1. The molecular formula is C12H9BrClFN2S. The van der Waals surface area contributed by atoms with Gasteiger partial charge in [0.15, 0.2) is 0 Å². The zero-order valence-electron chi connectivity index (χ0n) is 9.38. The number of aromatic nitrogens is 1. The lowest BCUT2D eigenvalue weighted by molar-refractivity contribution is 0.625. The van der Waals surface area contributed by atoms with Crippen LogP contribution in [0.25, 0.3) is 0 Å². The molecule has 0 saturated heterocycles. The summed E-state index contributed by atoms with van der Waals surface area (Å²) in [6.45, 7) is 1.89. The van der Waals surface area contributed by atoms with Crippen LogP contribution in [0.4, 0.5) is 10.1 Å². The van der Waals surface area contributed by atoms with Crippen molar-refractivity contribution in [2.75, 3.05) is 4.72 Å². The smallest absolute Gasteiger partial charge is 0.142 e. The van der Waals surface area contributed by atoms with Crippen LogP contribution >= 0.6 is 39.5 Å². The lowest BCUT2D eigenvalue weighted by atomic mass is 10.3. The summed E-state index contributed by atoms with van der Waals surface area (Å²) in [5.41, 5.74) is 1.72. The Morgan fingerprint density at radius 2 is 2.22 bits per heavy atom. The molecule has 1 heterocycles. The predicted octanol–water partition coefficient (Wildman–Crippen LogP) is 5.06. The predicted molar refractivity (Wildman–Crippen MR) is 77.6 cm³/mol. The fraction of sp³-hybridized carbons (Fsp3) is 0.0833. The van der Waals surface area contributed by atoms with Gasteiger partial charge in [0.05, 0.1) is 21.3 Å². The first-order valence-electron chi connectivity index (χ1n) is 5.07. The third-order valence-electron chi connectivity index (χ3n) is 2.24. The molecule has 1 N–H and O–H groups in total. The fourth-order valence-electron chi connectivity index (χ4n) is 1.28. The number of rotatable bonds is 3. The minimum absolute atomic E-state index is 0.121. The molecule has 0 radical (unpaired) electrons. The molecule has 0 bridgehead atoms. The van der Waals surface area contributed by atoms with Gasteiger partial charge in [-0.15, -0.1) is 0 Å². The molecule has 94 valence electrons. The highest BCUT2D eigenvalue weighted by atomic mass is 79.9. The molecule has 0 aliphatic carbocycles. The number of aryl methyl sites for hydroxylation is 1. The van der Waals surface area contributed by atoms with E-state index in [0.29, 0.717) is 4.90 Å². The summed E-state index contributed by atoms with van der Waals surface area (Å²) < 4.78 is 17.2. The van der Waals surface area contributed by atoms with Gasteiger partial charge in [-0.25, -0.2) is 4.39 Å². The maximum Gasteiger partial charge on any atom is 0.142 e. The van der Waals surface area contributed by atoms with Crippen molar-refractivity contribution < 1.29 is 4.39 Å². The maximum absolute atomic E-state index is 13.3. The van der Waals surface area contributed by atoms with Gasteiger partial charge in [-0.05, 0) is 53.0 Å². The molecule has 0 saturated carbocycles. The first kappa shape index (κ1) is 13.6. The van der Waals surface area contributed by atoms with Gasteiger partial charge in [0.1, 0.15) is 5.82 Å². The van der Waals surface area contributed by atoms with E-state index in [-0.39, 0.29) is 5.02 Å². The molecule has 2 rings (SSSR count). The van der Waals surface area contributed by atoms with E-state index in [4.69, 9.17) is 11.6 Å². The Balaban J connectivity index is 2.16. The van der Waals surface area contributed by atoms with Crippen molar-refractivity contribution >= 4 is 45.2 Å². The largest absolute Gasteiger partial charge is 0.324 e. The van der Waals surface area contributed by atoms with Gasteiger partial charge in [0.25, 0.3) is 0 Å². The van der Waals surface area contributed by atoms with Crippen LogP contribution in [0.3, 0.4) is 0 Å². The Hall–Kier alpha value is -0.780. The van der Waals surface area contributed by atoms with E-state index in [2.05, 4.69) is 25.6 Å². The quantitative estimate of drug-likeness (QED) is 0.785. The monoisotopic (exact) mass is 346 g/mol. The fourth-order valence-corrected chi connectivity index (χ4v) is 2.62. The summed E-state index contributed by atoms with van der Waals surface area (Å²) >= 11 is 10.5. The number of nitrogens with zero attached hydrogens (tertiary/aromatic N) is 1. The molecule has 18 heavy (non-hydrogen) atoms. The molecule has 2 nitrogen and oxygen atoms in total. The van der Waals surface area contributed by atoms with Crippen molar-refractivity contribution in [1.82, 2.24) is 4.98 Å². The minimum Gasteiger partial charge on any atom is -0.324 e. The van der Waals surface area contributed by atoms with E-state index in [0.717, 1.165) is 15.9 Å². The number of hydrogen-bond acceptors (Lipinski definition) is 3. The standard InChI is InChI=1S/C12H9BrClFN2S/c1-7-10(5-8(13)6-16-7)17-18-11-4-2-3-9(15)12(11)14/h2-6,17H,1H3. The summed E-state index contributed by atoms with van der Waals surface area (Å²) in [7, 11) is 0. The van der Waals surface area contributed by atoms with Gasteiger partial charge in [-0.1, -0.05) is 17.7 Å². The third-order valence-corrected chi connectivity index (χ3v) is 4.05. The van der Waals surface area contributed by atoms with Gasteiger partial charge in [0.2, 0.25) is 0 Å². The Kier molecular flexibility index (Phi) is 4.48. The van der Waals surface area contributed by atoms with Gasteiger partial charge >= 0.3 is 0 Å². The van der Waals surface area contributed by atoms with Crippen molar-refractivity contribution in [3.8, 4) is 0 Å². The molecule has 0 unspecified atom stereocenters. The number of hydrogen-bond donors (Lipinski definition) is 1. The second-order valence-corrected chi connectivity index (χ2v) is 5.68. The SMILES string of the molecule is Cc1ncc(Br)cc1NSc1cccc(F)c1Cl. The zero-order valence-corrected chi connectivity index (χ0v) is 12.5. The summed E-state index contributed by atoms with van der Waals surface area (Å²) in [5.74, 6) is -0.424. The number of nitrogens with one attached hydrogen (secondary N) is 1. The average molecular weight is 348 g/mol. The Labute approximate surface area is 122 Å². The Morgan fingerprint density at radius 1 is 1.44 bits per heavy atom. The highest BCUT2D eigenvalue weighted by Gasteiger charge is 2.07. The van der Waals surface area contributed by atoms with Gasteiger partial charge in [-0.3, -0.25) is 4.98 Å².